The maximum absolute atomic E-state index is 13.0. The highest BCUT2D eigenvalue weighted by molar-refractivity contribution is 6.02. The van der Waals surface area contributed by atoms with Gasteiger partial charge in [-0.15, -0.1) is 0 Å². The Morgan fingerprint density at radius 1 is 1.07 bits per heavy atom. The Balaban J connectivity index is 2.24. The normalized spacial score (nSPS) is 10.9. The minimum atomic E-state index is -4.64. The zero-order chi connectivity index (χ0) is 20.9. The molecule has 148 valence electrons. The highest BCUT2D eigenvalue weighted by atomic mass is 19.4. The molecule has 0 aliphatic rings. The van der Waals surface area contributed by atoms with Gasteiger partial charge in [-0.05, 0) is 30.3 Å². The third kappa shape index (κ3) is 5.09. The second-order valence-electron chi connectivity index (χ2n) is 5.74. The van der Waals surface area contributed by atoms with Crippen LogP contribution in [0.4, 0.5) is 24.5 Å². The summed E-state index contributed by atoms with van der Waals surface area (Å²) in [6, 6.07) is 10.3. The lowest BCUT2D eigenvalue weighted by atomic mass is 10.1. The van der Waals surface area contributed by atoms with E-state index in [2.05, 4.69) is 10.1 Å². The summed E-state index contributed by atoms with van der Waals surface area (Å²) >= 11 is 0. The zero-order valence-electron chi connectivity index (χ0n) is 15.0. The molecule has 0 aliphatic heterocycles. The average molecular weight is 394 g/mol. The fraction of sp³-hybridized carbons (Fsp3) is 0.211. The summed E-state index contributed by atoms with van der Waals surface area (Å²) in [6.45, 7) is 0.661. The number of nitrogens with one attached hydrogen (secondary N) is 1. The van der Waals surface area contributed by atoms with E-state index in [0.29, 0.717) is 0 Å². The van der Waals surface area contributed by atoms with Gasteiger partial charge in [-0.1, -0.05) is 18.2 Å². The second kappa shape index (κ2) is 8.55. The first-order valence-electron chi connectivity index (χ1n) is 8.06. The van der Waals surface area contributed by atoms with Crippen LogP contribution in [0.15, 0.2) is 48.5 Å². The quantitative estimate of drug-likeness (QED) is 0.788. The number of anilines is 2. The minimum absolute atomic E-state index is 0.161. The van der Waals surface area contributed by atoms with Gasteiger partial charge in [0.05, 0.1) is 23.9 Å². The number of benzene rings is 2. The van der Waals surface area contributed by atoms with Crippen molar-refractivity contribution in [2.24, 2.45) is 0 Å². The van der Waals surface area contributed by atoms with Gasteiger partial charge in [0.2, 0.25) is 11.8 Å². The topological polar surface area (TPSA) is 75.7 Å². The molecule has 0 spiro atoms. The van der Waals surface area contributed by atoms with Gasteiger partial charge < -0.3 is 15.0 Å². The largest absolute Gasteiger partial charge is 0.465 e. The number of methoxy groups -OCH3 is 1. The third-order valence-electron chi connectivity index (χ3n) is 3.77. The number of hydrogen-bond acceptors (Lipinski definition) is 4. The Morgan fingerprint density at radius 3 is 2.36 bits per heavy atom. The highest BCUT2D eigenvalue weighted by Crippen LogP contribution is 2.34. The van der Waals surface area contributed by atoms with Crippen molar-refractivity contribution < 1.29 is 32.3 Å². The maximum atomic E-state index is 13.0. The molecule has 0 aromatic heterocycles. The van der Waals surface area contributed by atoms with Gasteiger partial charge in [-0.3, -0.25) is 9.59 Å². The molecule has 0 aliphatic carbocycles. The summed E-state index contributed by atoms with van der Waals surface area (Å²) in [6.07, 6.45) is -4.64. The molecule has 0 saturated carbocycles. The van der Waals surface area contributed by atoms with Crippen molar-refractivity contribution in [2.75, 3.05) is 23.9 Å². The van der Waals surface area contributed by atoms with E-state index in [1.54, 1.807) is 0 Å². The van der Waals surface area contributed by atoms with Crippen LogP contribution < -0.4 is 10.2 Å². The predicted molar refractivity (Wildman–Crippen MR) is 95.9 cm³/mol. The Kier molecular flexibility index (Phi) is 6.40. The van der Waals surface area contributed by atoms with Crippen LogP contribution in [0, 0.1) is 0 Å². The second-order valence-corrected chi connectivity index (χ2v) is 5.74. The number of para-hydroxylation sites is 1. The predicted octanol–water partition coefficient (Wildman–Crippen LogP) is 3.48. The fourth-order valence-corrected chi connectivity index (χ4v) is 2.48. The van der Waals surface area contributed by atoms with Crippen LogP contribution in [0.5, 0.6) is 0 Å². The fourth-order valence-electron chi connectivity index (χ4n) is 2.48. The van der Waals surface area contributed by atoms with Crippen LogP contribution in [-0.4, -0.2) is 31.4 Å². The summed E-state index contributed by atoms with van der Waals surface area (Å²) in [5.41, 5.74) is -1.01. The van der Waals surface area contributed by atoms with E-state index < -0.39 is 41.8 Å². The van der Waals surface area contributed by atoms with Crippen molar-refractivity contribution in [1.82, 2.24) is 0 Å². The van der Waals surface area contributed by atoms with E-state index >= 15 is 0 Å². The number of esters is 1. The summed E-state index contributed by atoms with van der Waals surface area (Å²) in [4.78, 5) is 36.9. The van der Waals surface area contributed by atoms with Crippen LogP contribution in [0.2, 0.25) is 0 Å². The molecule has 28 heavy (non-hydrogen) atoms. The number of alkyl halides is 3. The highest BCUT2D eigenvalue weighted by Gasteiger charge is 2.33. The van der Waals surface area contributed by atoms with Gasteiger partial charge in [0.1, 0.15) is 6.54 Å². The number of ether oxygens (including phenoxy) is 1. The number of amides is 2. The van der Waals surface area contributed by atoms with E-state index in [9.17, 15) is 27.6 Å². The number of carbonyl (C=O) groups is 3. The summed E-state index contributed by atoms with van der Waals surface area (Å²) in [5, 5.41) is 2.18. The molecule has 0 unspecified atom stereocenters. The molecule has 0 bridgehead atoms. The lowest BCUT2D eigenvalue weighted by molar-refractivity contribution is -0.137. The molecular formula is C19H17F3N2O4. The van der Waals surface area contributed by atoms with Crippen molar-refractivity contribution in [3.63, 3.8) is 0 Å². The Bertz CT molecular complexity index is 897. The van der Waals surface area contributed by atoms with Crippen LogP contribution in [-0.2, 0) is 20.5 Å². The minimum Gasteiger partial charge on any atom is -0.465 e. The molecule has 0 heterocycles. The molecule has 1 N–H and O–H groups in total. The number of hydrogen-bond donors (Lipinski definition) is 1. The summed E-state index contributed by atoms with van der Waals surface area (Å²) < 4.78 is 43.8. The van der Waals surface area contributed by atoms with Gasteiger partial charge in [0.15, 0.2) is 0 Å². The van der Waals surface area contributed by atoms with Crippen molar-refractivity contribution >= 4 is 29.2 Å². The van der Waals surface area contributed by atoms with Crippen LogP contribution in [0.1, 0.15) is 22.8 Å². The lowest BCUT2D eigenvalue weighted by Gasteiger charge is -2.22. The molecule has 0 saturated heterocycles. The molecule has 0 atom stereocenters. The first kappa shape index (κ1) is 20.9. The summed E-state index contributed by atoms with van der Waals surface area (Å²) in [7, 11) is 1.20. The third-order valence-corrected chi connectivity index (χ3v) is 3.77. The smallest absolute Gasteiger partial charge is 0.418 e. The van der Waals surface area contributed by atoms with Crippen molar-refractivity contribution in [3.8, 4) is 0 Å². The first-order chi connectivity index (χ1) is 13.1. The molecule has 6 nitrogen and oxygen atoms in total. The van der Waals surface area contributed by atoms with E-state index in [4.69, 9.17) is 0 Å². The van der Waals surface area contributed by atoms with Gasteiger partial charge in [0.25, 0.3) is 0 Å². The van der Waals surface area contributed by atoms with E-state index in [-0.39, 0.29) is 11.3 Å². The number of rotatable bonds is 5. The Morgan fingerprint density at radius 2 is 1.75 bits per heavy atom. The standard InChI is InChI=1S/C19H17F3N2O4/c1-12(25)24(14-7-5-6-13(10-14)18(27)28-2)11-17(26)23-16-9-4-3-8-15(16)19(20,21)22/h3-10H,11H2,1-2H3,(H,23,26). The van der Waals surface area contributed by atoms with Crippen LogP contribution in [0.3, 0.4) is 0 Å². The molecule has 9 heteroatoms. The van der Waals surface area contributed by atoms with E-state index in [1.165, 1.54) is 50.4 Å². The molecule has 2 aromatic rings. The van der Waals surface area contributed by atoms with E-state index in [0.717, 1.165) is 17.0 Å². The first-order valence-corrected chi connectivity index (χ1v) is 8.06. The van der Waals surface area contributed by atoms with E-state index in [1.807, 2.05) is 0 Å². The van der Waals surface area contributed by atoms with Gasteiger partial charge in [-0.25, -0.2) is 4.79 Å². The SMILES string of the molecule is COC(=O)c1cccc(N(CC(=O)Nc2ccccc2C(F)(F)F)C(C)=O)c1. The monoisotopic (exact) mass is 394 g/mol. The Labute approximate surface area is 158 Å². The van der Waals surface area contributed by atoms with Crippen molar-refractivity contribution in [1.29, 1.82) is 0 Å². The molecule has 0 radical (unpaired) electrons. The number of carbonyl (C=O) groups excluding carboxylic acids is 3. The summed E-state index contributed by atoms with van der Waals surface area (Å²) in [5.74, 6) is -1.98. The van der Waals surface area contributed by atoms with Gasteiger partial charge >= 0.3 is 12.1 Å². The van der Waals surface area contributed by atoms with Crippen LogP contribution in [0.25, 0.3) is 0 Å². The average Bonchev–Trinajstić information content (AvgIpc) is 2.65. The maximum Gasteiger partial charge on any atom is 0.418 e. The van der Waals surface area contributed by atoms with Crippen molar-refractivity contribution in [2.45, 2.75) is 13.1 Å². The van der Waals surface area contributed by atoms with Gasteiger partial charge in [-0.2, -0.15) is 13.2 Å². The zero-order valence-corrected chi connectivity index (χ0v) is 15.0. The molecular weight excluding hydrogens is 377 g/mol. The number of halogens is 3. The number of nitrogens with zero attached hydrogens (tertiary/aromatic N) is 1. The molecule has 2 aromatic carbocycles. The van der Waals surface area contributed by atoms with Gasteiger partial charge in [0, 0.05) is 12.6 Å². The molecule has 2 rings (SSSR count). The molecule has 2 amide bonds. The Hall–Kier alpha value is -3.36. The molecule has 0 fully saturated rings. The van der Waals surface area contributed by atoms with Crippen LogP contribution >= 0.6 is 0 Å². The van der Waals surface area contributed by atoms with Crippen molar-refractivity contribution in [3.05, 3.63) is 59.7 Å². The lowest BCUT2D eigenvalue weighted by Crippen LogP contribution is -2.37.